The number of nitrogens with zero attached hydrogens (tertiary/aromatic N) is 2. The van der Waals surface area contributed by atoms with Crippen LogP contribution in [0.4, 0.5) is 0 Å². The fourth-order valence-corrected chi connectivity index (χ4v) is 2.92. The van der Waals surface area contributed by atoms with Crippen LogP contribution < -0.4 is 5.32 Å². The van der Waals surface area contributed by atoms with Crippen LogP contribution in [0.3, 0.4) is 0 Å². The predicted octanol–water partition coefficient (Wildman–Crippen LogP) is 2.19. The van der Waals surface area contributed by atoms with Gasteiger partial charge in [0.25, 0.3) is 5.91 Å². The van der Waals surface area contributed by atoms with Gasteiger partial charge in [-0.3, -0.25) is 4.79 Å². The van der Waals surface area contributed by atoms with Crippen molar-refractivity contribution in [1.82, 2.24) is 15.3 Å². The molecule has 0 aromatic carbocycles. The van der Waals surface area contributed by atoms with E-state index in [-0.39, 0.29) is 5.91 Å². The highest BCUT2D eigenvalue weighted by molar-refractivity contribution is 7.11. The van der Waals surface area contributed by atoms with E-state index in [4.69, 9.17) is 0 Å². The van der Waals surface area contributed by atoms with Gasteiger partial charge in [-0.15, -0.1) is 22.7 Å². The SMILES string of the molecule is Cc1nc(C(=O)NCCc2nccs2)c(C)s1. The highest BCUT2D eigenvalue weighted by atomic mass is 32.1. The van der Waals surface area contributed by atoms with Gasteiger partial charge in [0.2, 0.25) is 0 Å². The molecule has 0 saturated heterocycles. The van der Waals surface area contributed by atoms with E-state index >= 15 is 0 Å². The average Bonchev–Trinajstić information content (AvgIpc) is 2.88. The molecule has 0 aliphatic carbocycles. The number of amides is 1. The molecule has 2 heterocycles. The standard InChI is InChI=1S/C11H13N3OS2/c1-7-10(14-8(2)17-7)11(15)13-4-3-9-12-5-6-16-9/h5-6H,3-4H2,1-2H3,(H,13,15). The minimum absolute atomic E-state index is 0.0941. The van der Waals surface area contributed by atoms with Crippen molar-refractivity contribution in [2.75, 3.05) is 6.54 Å². The van der Waals surface area contributed by atoms with E-state index in [0.717, 1.165) is 21.3 Å². The van der Waals surface area contributed by atoms with Crippen molar-refractivity contribution < 1.29 is 4.79 Å². The number of aromatic nitrogens is 2. The number of carbonyl (C=O) groups is 1. The van der Waals surface area contributed by atoms with Crippen LogP contribution >= 0.6 is 22.7 Å². The second-order valence-corrected chi connectivity index (χ2v) is 5.96. The average molecular weight is 267 g/mol. The van der Waals surface area contributed by atoms with Gasteiger partial charge in [0, 0.05) is 29.4 Å². The van der Waals surface area contributed by atoms with Crippen molar-refractivity contribution >= 4 is 28.6 Å². The molecule has 0 aliphatic heterocycles. The van der Waals surface area contributed by atoms with Gasteiger partial charge in [-0.1, -0.05) is 0 Å². The molecule has 0 aliphatic rings. The quantitative estimate of drug-likeness (QED) is 0.924. The van der Waals surface area contributed by atoms with Gasteiger partial charge in [-0.2, -0.15) is 0 Å². The third kappa shape index (κ3) is 3.10. The highest BCUT2D eigenvalue weighted by Crippen LogP contribution is 2.16. The van der Waals surface area contributed by atoms with Crippen LogP contribution in [0.1, 0.15) is 25.4 Å². The molecular weight excluding hydrogens is 254 g/mol. The van der Waals surface area contributed by atoms with Crippen LogP contribution in [0.5, 0.6) is 0 Å². The van der Waals surface area contributed by atoms with E-state index in [1.165, 1.54) is 0 Å². The lowest BCUT2D eigenvalue weighted by molar-refractivity contribution is 0.0949. The van der Waals surface area contributed by atoms with Crippen LogP contribution in [-0.4, -0.2) is 22.4 Å². The number of hydrogen-bond acceptors (Lipinski definition) is 5. The topological polar surface area (TPSA) is 54.9 Å². The van der Waals surface area contributed by atoms with Gasteiger partial charge in [-0.25, -0.2) is 9.97 Å². The molecule has 1 amide bonds. The van der Waals surface area contributed by atoms with Crippen LogP contribution in [0.15, 0.2) is 11.6 Å². The number of nitrogens with one attached hydrogen (secondary N) is 1. The molecule has 2 aromatic rings. The molecule has 17 heavy (non-hydrogen) atoms. The van der Waals surface area contributed by atoms with Crippen molar-refractivity contribution in [3.8, 4) is 0 Å². The first-order chi connectivity index (χ1) is 8.16. The lowest BCUT2D eigenvalue weighted by Gasteiger charge is -2.01. The van der Waals surface area contributed by atoms with Crippen molar-refractivity contribution in [1.29, 1.82) is 0 Å². The third-order valence-electron chi connectivity index (χ3n) is 2.23. The third-order valence-corrected chi connectivity index (χ3v) is 3.95. The van der Waals surface area contributed by atoms with Gasteiger partial charge in [0.15, 0.2) is 0 Å². The Balaban J connectivity index is 1.87. The highest BCUT2D eigenvalue weighted by Gasteiger charge is 2.13. The number of aryl methyl sites for hydroxylation is 2. The van der Waals surface area contributed by atoms with Gasteiger partial charge >= 0.3 is 0 Å². The molecule has 1 N–H and O–H groups in total. The Kier molecular flexibility index (Phi) is 3.86. The Morgan fingerprint density at radius 3 is 2.88 bits per heavy atom. The molecule has 4 nitrogen and oxygen atoms in total. The molecule has 0 spiro atoms. The van der Waals surface area contributed by atoms with E-state index in [9.17, 15) is 4.79 Å². The molecular formula is C11H13N3OS2. The normalized spacial score (nSPS) is 10.5. The molecule has 0 unspecified atom stereocenters. The van der Waals surface area contributed by atoms with Crippen molar-refractivity contribution in [2.24, 2.45) is 0 Å². The van der Waals surface area contributed by atoms with E-state index in [2.05, 4.69) is 15.3 Å². The minimum Gasteiger partial charge on any atom is -0.350 e. The summed E-state index contributed by atoms with van der Waals surface area (Å²) in [5.74, 6) is -0.0941. The van der Waals surface area contributed by atoms with Crippen LogP contribution in [0, 0.1) is 13.8 Å². The Bertz CT molecular complexity index is 505. The molecule has 2 rings (SSSR count). The summed E-state index contributed by atoms with van der Waals surface area (Å²) in [5.41, 5.74) is 0.548. The Hall–Kier alpha value is -1.27. The second kappa shape index (κ2) is 5.37. The van der Waals surface area contributed by atoms with E-state index < -0.39 is 0 Å². The smallest absolute Gasteiger partial charge is 0.271 e. The van der Waals surface area contributed by atoms with Crippen molar-refractivity contribution in [3.05, 3.63) is 32.2 Å². The van der Waals surface area contributed by atoms with E-state index in [1.807, 2.05) is 19.2 Å². The second-order valence-electron chi connectivity index (χ2n) is 3.57. The van der Waals surface area contributed by atoms with Crippen LogP contribution in [0.25, 0.3) is 0 Å². The summed E-state index contributed by atoms with van der Waals surface area (Å²) in [5, 5.41) is 6.76. The maximum Gasteiger partial charge on any atom is 0.271 e. The number of rotatable bonds is 4. The van der Waals surface area contributed by atoms with E-state index in [0.29, 0.717) is 12.2 Å². The van der Waals surface area contributed by atoms with E-state index in [1.54, 1.807) is 28.9 Å². The molecule has 0 fully saturated rings. The molecule has 6 heteroatoms. The maximum atomic E-state index is 11.8. The van der Waals surface area contributed by atoms with Gasteiger partial charge in [0.05, 0.1) is 10.0 Å². The zero-order valence-corrected chi connectivity index (χ0v) is 11.3. The summed E-state index contributed by atoms with van der Waals surface area (Å²) in [6.45, 7) is 4.42. The molecule has 90 valence electrons. The first-order valence-corrected chi connectivity index (χ1v) is 6.97. The molecule has 0 saturated carbocycles. The first kappa shape index (κ1) is 12.2. The minimum atomic E-state index is -0.0941. The molecule has 2 aromatic heterocycles. The van der Waals surface area contributed by atoms with Crippen LogP contribution in [-0.2, 0) is 6.42 Å². The summed E-state index contributed by atoms with van der Waals surface area (Å²) in [7, 11) is 0. The fourth-order valence-electron chi connectivity index (χ4n) is 1.48. The maximum absolute atomic E-state index is 11.8. The van der Waals surface area contributed by atoms with Gasteiger partial charge in [-0.05, 0) is 13.8 Å². The predicted molar refractivity (Wildman–Crippen MR) is 69.7 cm³/mol. The first-order valence-electron chi connectivity index (χ1n) is 5.27. The zero-order chi connectivity index (χ0) is 12.3. The Morgan fingerprint density at radius 2 is 2.29 bits per heavy atom. The number of hydrogen-bond donors (Lipinski definition) is 1. The van der Waals surface area contributed by atoms with Crippen LogP contribution in [0.2, 0.25) is 0 Å². The Labute approximate surface area is 108 Å². The summed E-state index contributed by atoms with van der Waals surface area (Å²) in [4.78, 5) is 21.2. The van der Waals surface area contributed by atoms with Gasteiger partial charge < -0.3 is 5.32 Å². The largest absolute Gasteiger partial charge is 0.350 e. The fraction of sp³-hybridized carbons (Fsp3) is 0.364. The summed E-state index contributed by atoms with van der Waals surface area (Å²) >= 11 is 3.15. The zero-order valence-electron chi connectivity index (χ0n) is 9.69. The van der Waals surface area contributed by atoms with Crippen molar-refractivity contribution in [2.45, 2.75) is 20.3 Å². The lowest BCUT2D eigenvalue weighted by atomic mass is 10.3. The number of thiazole rings is 2. The monoisotopic (exact) mass is 267 g/mol. The van der Waals surface area contributed by atoms with Crippen molar-refractivity contribution in [3.63, 3.8) is 0 Å². The summed E-state index contributed by atoms with van der Waals surface area (Å²) in [6.07, 6.45) is 2.54. The molecule has 0 radical (unpaired) electrons. The Morgan fingerprint density at radius 1 is 1.47 bits per heavy atom. The van der Waals surface area contributed by atoms with Gasteiger partial charge in [0.1, 0.15) is 5.69 Å². The lowest BCUT2D eigenvalue weighted by Crippen LogP contribution is -2.26. The summed E-state index contributed by atoms with van der Waals surface area (Å²) in [6, 6.07) is 0. The summed E-state index contributed by atoms with van der Waals surface area (Å²) < 4.78 is 0. The number of carbonyl (C=O) groups excluding carboxylic acids is 1. The molecule has 0 atom stereocenters. The molecule has 0 bridgehead atoms.